The predicted octanol–water partition coefficient (Wildman–Crippen LogP) is 3.39. The van der Waals surface area contributed by atoms with E-state index < -0.39 is 36.2 Å². The molecular weight excluding hydrogens is 429 g/mol. The van der Waals surface area contributed by atoms with Crippen LogP contribution in [-0.2, 0) is 14.3 Å². The Morgan fingerprint density at radius 1 is 1.06 bits per heavy atom. The number of hydrogen-bond acceptors (Lipinski definition) is 4. The van der Waals surface area contributed by atoms with Gasteiger partial charge in [0.25, 0.3) is 5.91 Å². The zero-order valence-corrected chi connectivity index (χ0v) is 17.2. The summed E-state index contributed by atoms with van der Waals surface area (Å²) in [4.78, 5) is 35.8. The molecule has 2 aromatic rings. The van der Waals surface area contributed by atoms with E-state index in [-0.39, 0.29) is 12.5 Å². The van der Waals surface area contributed by atoms with Gasteiger partial charge in [-0.05, 0) is 29.2 Å². The van der Waals surface area contributed by atoms with E-state index in [4.69, 9.17) is 9.84 Å². The minimum absolute atomic E-state index is 0.236. The number of ether oxygens (including phenoxy) is 1. The number of benzene rings is 2. The highest BCUT2D eigenvalue weighted by Crippen LogP contribution is 2.44. The number of halogens is 3. The van der Waals surface area contributed by atoms with E-state index in [0.717, 1.165) is 36.2 Å². The molecule has 0 aromatic heterocycles. The van der Waals surface area contributed by atoms with E-state index in [9.17, 15) is 27.6 Å². The Kier molecular flexibility index (Phi) is 6.42. The Bertz CT molecular complexity index is 995. The normalized spacial score (nSPS) is 14.7. The molecule has 32 heavy (non-hydrogen) atoms. The third-order valence-electron chi connectivity index (χ3n) is 5.47. The number of nitrogens with zero attached hydrogens (tertiary/aromatic N) is 1. The first-order chi connectivity index (χ1) is 15.0. The van der Waals surface area contributed by atoms with Crippen LogP contribution in [0.3, 0.4) is 0 Å². The molecule has 10 heteroatoms. The Morgan fingerprint density at radius 2 is 1.56 bits per heavy atom. The number of fused-ring (bicyclic) bond motifs is 3. The number of carbonyl (C=O) groups excluding carboxylic acids is 2. The number of alkyl carbamates (subject to hydrolysis) is 1. The Labute approximate surface area is 181 Å². The van der Waals surface area contributed by atoms with Gasteiger partial charge in [-0.1, -0.05) is 48.5 Å². The molecule has 2 N–H and O–H groups in total. The summed E-state index contributed by atoms with van der Waals surface area (Å²) in [5, 5.41) is 10.5. The lowest BCUT2D eigenvalue weighted by molar-refractivity contribution is -0.176. The fourth-order valence-electron chi connectivity index (χ4n) is 3.60. The number of carboxylic acid groups (broad SMARTS) is 1. The molecule has 2 atom stereocenters. The van der Waals surface area contributed by atoms with Gasteiger partial charge in [-0.15, -0.1) is 0 Å². The van der Waals surface area contributed by atoms with Crippen LogP contribution in [0.25, 0.3) is 11.1 Å². The van der Waals surface area contributed by atoms with Crippen molar-refractivity contribution in [1.29, 1.82) is 0 Å². The second-order valence-corrected chi connectivity index (χ2v) is 7.41. The van der Waals surface area contributed by atoms with Crippen LogP contribution in [0.4, 0.5) is 18.0 Å². The highest BCUT2D eigenvalue weighted by Gasteiger charge is 2.48. The molecule has 0 spiro atoms. The Morgan fingerprint density at radius 3 is 2.03 bits per heavy atom. The molecular formula is C22H21F3N2O5. The molecule has 1 aliphatic carbocycles. The number of nitrogens with one attached hydrogen (secondary N) is 1. The summed E-state index contributed by atoms with van der Waals surface area (Å²) in [5.74, 6) is -3.47. The number of carboxylic acids is 1. The standard InChI is InChI=1S/C22H21F3N2O5/c1-12(20(29)30)27(2)19(28)18(22(23,24)25)26-21(31)32-11-17-15-9-5-3-7-13(15)14-8-4-6-10-16(14)17/h3-10,12,17-18H,11H2,1-2H3,(H,26,31)(H,29,30)/t12-,18?/m0/s1. The molecule has 0 radical (unpaired) electrons. The minimum atomic E-state index is -5.14. The number of rotatable bonds is 6. The third kappa shape index (κ3) is 4.53. The first kappa shape index (κ1) is 23.1. The van der Waals surface area contributed by atoms with Gasteiger partial charge in [0.15, 0.2) is 0 Å². The number of hydrogen-bond donors (Lipinski definition) is 2. The van der Waals surface area contributed by atoms with Crippen molar-refractivity contribution >= 4 is 18.0 Å². The smallest absolute Gasteiger partial charge is 0.417 e. The lowest BCUT2D eigenvalue weighted by atomic mass is 9.98. The van der Waals surface area contributed by atoms with Crippen molar-refractivity contribution < 1.29 is 37.4 Å². The molecule has 1 aliphatic rings. The second-order valence-electron chi connectivity index (χ2n) is 7.41. The Hall–Kier alpha value is -3.56. The lowest BCUT2D eigenvalue weighted by Crippen LogP contribution is -2.57. The maximum Gasteiger partial charge on any atom is 0.417 e. The molecule has 170 valence electrons. The lowest BCUT2D eigenvalue weighted by Gasteiger charge is -2.28. The summed E-state index contributed by atoms with van der Waals surface area (Å²) in [6.45, 7) is 0.820. The molecule has 7 nitrogen and oxygen atoms in total. The molecule has 2 aromatic carbocycles. The van der Waals surface area contributed by atoms with Gasteiger partial charge >= 0.3 is 18.2 Å². The number of amides is 2. The fraction of sp³-hybridized carbons (Fsp3) is 0.318. The average molecular weight is 450 g/mol. The monoisotopic (exact) mass is 450 g/mol. The molecule has 1 unspecified atom stereocenters. The van der Waals surface area contributed by atoms with Crippen LogP contribution >= 0.6 is 0 Å². The second kappa shape index (κ2) is 8.89. The van der Waals surface area contributed by atoms with Crippen LogP contribution in [0.1, 0.15) is 24.0 Å². The molecule has 0 bridgehead atoms. The summed E-state index contributed by atoms with van der Waals surface area (Å²) in [5.41, 5.74) is 3.65. The van der Waals surface area contributed by atoms with E-state index >= 15 is 0 Å². The Balaban J connectivity index is 1.73. The van der Waals surface area contributed by atoms with Gasteiger partial charge in [0.2, 0.25) is 6.04 Å². The number of aliphatic carboxylic acids is 1. The van der Waals surface area contributed by atoms with Gasteiger partial charge in [0.1, 0.15) is 12.6 Å². The van der Waals surface area contributed by atoms with E-state index in [1.165, 1.54) is 5.32 Å². The van der Waals surface area contributed by atoms with E-state index in [0.29, 0.717) is 4.90 Å². The van der Waals surface area contributed by atoms with Crippen molar-refractivity contribution in [3.8, 4) is 11.1 Å². The summed E-state index contributed by atoms with van der Waals surface area (Å²) < 4.78 is 45.3. The van der Waals surface area contributed by atoms with Gasteiger partial charge in [0.05, 0.1) is 0 Å². The molecule has 3 rings (SSSR count). The quantitative estimate of drug-likeness (QED) is 0.704. The topological polar surface area (TPSA) is 95.9 Å². The van der Waals surface area contributed by atoms with Crippen LogP contribution in [-0.4, -0.2) is 59.9 Å². The third-order valence-corrected chi connectivity index (χ3v) is 5.47. The van der Waals surface area contributed by atoms with Crippen molar-refractivity contribution in [3.63, 3.8) is 0 Å². The average Bonchev–Trinajstić information content (AvgIpc) is 3.07. The molecule has 2 amide bonds. The van der Waals surface area contributed by atoms with Crippen LogP contribution in [0, 0.1) is 0 Å². The number of alkyl halides is 3. The summed E-state index contributed by atoms with van der Waals surface area (Å²) in [7, 11) is 0.916. The van der Waals surface area contributed by atoms with Crippen molar-refractivity contribution in [2.45, 2.75) is 31.1 Å². The summed E-state index contributed by atoms with van der Waals surface area (Å²) in [6.07, 6.45) is -6.58. The first-order valence-electron chi connectivity index (χ1n) is 9.70. The highest BCUT2D eigenvalue weighted by atomic mass is 19.4. The molecule has 0 saturated carbocycles. The van der Waals surface area contributed by atoms with Crippen molar-refractivity contribution in [1.82, 2.24) is 10.2 Å². The van der Waals surface area contributed by atoms with Crippen LogP contribution in [0.5, 0.6) is 0 Å². The van der Waals surface area contributed by atoms with Gasteiger partial charge < -0.3 is 20.1 Å². The van der Waals surface area contributed by atoms with Gasteiger partial charge in [-0.3, -0.25) is 4.79 Å². The van der Waals surface area contributed by atoms with Crippen LogP contribution < -0.4 is 5.32 Å². The number of likely N-dealkylation sites (N-methyl/N-ethyl adjacent to an activating group) is 1. The zero-order valence-electron chi connectivity index (χ0n) is 17.2. The van der Waals surface area contributed by atoms with Crippen molar-refractivity contribution in [2.24, 2.45) is 0 Å². The first-order valence-corrected chi connectivity index (χ1v) is 9.70. The van der Waals surface area contributed by atoms with Gasteiger partial charge in [-0.25, -0.2) is 9.59 Å². The highest BCUT2D eigenvalue weighted by molar-refractivity contribution is 5.89. The molecule has 0 fully saturated rings. The van der Waals surface area contributed by atoms with E-state index in [1.807, 2.05) is 48.5 Å². The maximum absolute atomic E-state index is 13.4. The molecule has 0 saturated heterocycles. The largest absolute Gasteiger partial charge is 0.480 e. The fourth-order valence-corrected chi connectivity index (χ4v) is 3.60. The van der Waals surface area contributed by atoms with Gasteiger partial charge in [0, 0.05) is 13.0 Å². The number of carbonyl (C=O) groups is 3. The maximum atomic E-state index is 13.4. The molecule has 0 aliphatic heterocycles. The van der Waals surface area contributed by atoms with Crippen LogP contribution in [0.15, 0.2) is 48.5 Å². The summed E-state index contributed by atoms with van der Waals surface area (Å²) >= 11 is 0. The van der Waals surface area contributed by atoms with E-state index in [1.54, 1.807) is 0 Å². The van der Waals surface area contributed by atoms with Crippen molar-refractivity contribution in [3.05, 3.63) is 59.7 Å². The van der Waals surface area contributed by atoms with Crippen molar-refractivity contribution in [2.75, 3.05) is 13.7 Å². The van der Waals surface area contributed by atoms with Crippen LogP contribution in [0.2, 0.25) is 0 Å². The zero-order chi connectivity index (χ0) is 23.6. The minimum Gasteiger partial charge on any atom is -0.480 e. The van der Waals surface area contributed by atoms with E-state index in [2.05, 4.69) is 0 Å². The summed E-state index contributed by atoms with van der Waals surface area (Å²) in [6, 6.07) is 10.4. The predicted molar refractivity (Wildman–Crippen MR) is 108 cm³/mol. The molecule has 0 heterocycles. The SMILES string of the molecule is C[C@@H](C(=O)O)N(C)C(=O)C(NC(=O)OCC1c2ccccc2-c2ccccc21)C(F)(F)F. The van der Waals surface area contributed by atoms with Gasteiger partial charge in [-0.2, -0.15) is 13.2 Å².